The molecule has 1 saturated heterocycles. The summed E-state index contributed by atoms with van der Waals surface area (Å²) in [5.74, 6) is 1.18. The Morgan fingerprint density at radius 3 is 3.00 bits per heavy atom. The van der Waals surface area contributed by atoms with E-state index in [1.807, 2.05) is 0 Å². The standard InChI is InChI=1S/C16H20FN5O/c1-10-9-23-7-6-22(10)15-8-14(18)20-16(21-15)19-13-5-3-4-12(17)11(13)2/h3-5,8,10H,6-7,9H2,1-2H3,(H3,18,19,20,21). The van der Waals surface area contributed by atoms with Gasteiger partial charge in [0.1, 0.15) is 17.5 Å². The molecule has 0 amide bonds. The number of nitrogens with two attached hydrogens (primary N) is 1. The number of morpholine rings is 1. The molecule has 1 aromatic heterocycles. The van der Waals surface area contributed by atoms with Gasteiger partial charge in [0.25, 0.3) is 0 Å². The van der Waals surface area contributed by atoms with Crippen molar-refractivity contribution < 1.29 is 9.13 Å². The number of ether oxygens (including phenoxy) is 1. The number of halogens is 1. The number of nitrogens with zero attached hydrogens (tertiary/aromatic N) is 3. The summed E-state index contributed by atoms with van der Waals surface area (Å²) in [6.07, 6.45) is 0. The van der Waals surface area contributed by atoms with Crippen LogP contribution in [0.25, 0.3) is 0 Å². The molecule has 1 aliphatic heterocycles. The van der Waals surface area contributed by atoms with Crippen LogP contribution in [-0.2, 0) is 4.74 Å². The zero-order chi connectivity index (χ0) is 16.4. The van der Waals surface area contributed by atoms with Crippen molar-refractivity contribution in [3.8, 4) is 0 Å². The van der Waals surface area contributed by atoms with Crippen LogP contribution < -0.4 is 16.0 Å². The van der Waals surface area contributed by atoms with Crippen molar-refractivity contribution >= 4 is 23.3 Å². The Hall–Kier alpha value is -2.41. The molecule has 0 radical (unpaired) electrons. The summed E-state index contributed by atoms with van der Waals surface area (Å²) >= 11 is 0. The Bertz CT molecular complexity index is 709. The molecule has 2 heterocycles. The molecule has 7 heteroatoms. The highest BCUT2D eigenvalue weighted by Gasteiger charge is 2.21. The number of hydrogen-bond donors (Lipinski definition) is 2. The monoisotopic (exact) mass is 317 g/mol. The molecule has 0 saturated carbocycles. The molecule has 1 aliphatic rings. The molecule has 3 rings (SSSR count). The number of benzene rings is 1. The summed E-state index contributed by atoms with van der Waals surface area (Å²) in [7, 11) is 0. The third kappa shape index (κ3) is 3.34. The van der Waals surface area contributed by atoms with Crippen LogP contribution in [0.1, 0.15) is 12.5 Å². The quantitative estimate of drug-likeness (QED) is 0.906. The van der Waals surface area contributed by atoms with Gasteiger partial charge < -0.3 is 20.7 Å². The van der Waals surface area contributed by atoms with Crippen molar-refractivity contribution in [3.05, 3.63) is 35.6 Å². The number of aromatic nitrogens is 2. The lowest BCUT2D eigenvalue weighted by molar-refractivity contribution is 0.0985. The molecule has 0 spiro atoms. The van der Waals surface area contributed by atoms with E-state index < -0.39 is 0 Å². The SMILES string of the molecule is Cc1c(F)cccc1Nc1nc(N)cc(N2CCOCC2C)n1. The molecular formula is C16H20FN5O. The normalized spacial score (nSPS) is 18.0. The number of nitrogen functional groups attached to an aromatic ring is 1. The molecule has 3 N–H and O–H groups in total. The maximum Gasteiger partial charge on any atom is 0.231 e. The maximum atomic E-state index is 13.7. The van der Waals surface area contributed by atoms with Gasteiger partial charge in [-0.05, 0) is 26.0 Å². The highest BCUT2D eigenvalue weighted by molar-refractivity contribution is 5.61. The Labute approximate surface area is 134 Å². The van der Waals surface area contributed by atoms with E-state index in [1.54, 1.807) is 25.1 Å². The van der Waals surface area contributed by atoms with E-state index in [2.05, 4.69) is 27.1 Å². The number of rotatable bonds is 3. The van der Waals surface area contributed by atoms with Crippen LogP contribution in [0.15, 0.2) is 24.3 Å². The maximum absolute atomic E-state index is 13.7. The highest BCUT2D eigenvalue weighted by atomic mass is 19.1. The third-order valence-electron chi connectivity index (χ3n) is 3.91. The van der Waals surface area contributed by atoms with Crippen LogP contribution in [0, 0.1) is 12.7 Å². The van der Waals surface area contributed by atoms with Crippen molar-refractivity contribution in [2.45, 2.75) is 19.9 Å². The predicted molar refractivity (Wildman–Crippen MR) is 88.5 cm³/mol. The van der Waals surface area contributed by atoms with Crippen LogP contribution in [0.5, 0.6) is 0 Å². The summed E-state index contributed by atoms with van der Waals surface area (Å²) in [6, 6.07) is 6.79. The summed E-state index contributed by atoms with van der Waals surface area (Å²) in [4.78, 5) is 10.8. The molecule has 1 aromatic carbocycles. The Morgan fingerprint density at radius 2 is 2.22 bits per heavy atom. The van der Waals surface area contributed by atoms with Crippen LogP contribution in [0.3, 0.4) is 0 Å². The second-order valence-corrected chi connectivity index (χ2v) is 5.63. The van der Waals surface area contributed by atoms with E-state index in [-0.39, 0.29) is 11.9 Å². The predicted octanol–water partition coefficient (Wildman–Crippen LogP) is 2.48. The Balaban J connectivity index is 1.90. The van der Waals surface area contributed by atoms with Gasteiger partial charge in [0.2, 0.25) is 5.95 Å². The number of nitrogens with one attached hydrogen (secondary N) is 1. The van der Waals surface area contributed by atoms with E-state index in [0.29, 0.717) is 36.2 Å². The molecule has 1 atom stereocenters. The van der Waals surface area contributed by atoms with Crippen molar-refractivity contribution in [2.75, 3.05) is 35.7 Å². The van der Waals surface area contributed by atoms with Crippen LogP contribution in [-0.4, -0.2) is 35.8 Å². The van der Waals surface area contributed by atoms with Gasteiger partial charge >= 0.3 is 0 Å². The molecule has 0 bridgehead atoms. The Kier molecular flexibility index (Phi) is 4.29. The first-order valence-corrected chi connectivity index (χ1v) is 7.55. The van der Waals surface area contributed by atoms with E-state index in [1.165, 1.54) is 6.07 Å². The average molecular weight is 317 g/mol. The summed E-state index contributed by atoms with van der Waals surface area (Å²) < 4.78 is 19.1. The molecule has 0 aliphatic carbocycles. The molecule has 1 unspecified atom stereocenters. The molecular weight excluding hydrogens is 297 g/mol. The van der Waals surface area contributed by atoms with Gasteiger partial charge in [-0.1, -0.05) is 6.07 Å². The van der Waals surface area contributed by atoms with Crippen molar-refractivity contribution in [1.82, 2.24) is 9.97 Å². The van der Waals surface area contributed by atoms with Gasteiger partial charge in [-0.2, -0.15) is 9.97 Å². The zero-order valence-electron chi connectivity index (χ0n) is 13.2. The first kappa shape index (κ1) is 15.5. The summed E-state index contributed by atoms with van der Waals surface area (Å²) in [5, 5.41) is 3.05. The summed E-state index contributed by atoms with van der Waals surface area (Å²) in [6.45, 7) is 5.82. The van der Waals surface area contributed by atoms with E-state index >= 15 is 0 Å². The topological polar surface area (TPSA) is 76.3 Å². The fourth-order valence-electron chi connectivity index (χ4n) is 2.59. The van der Waals surface area contributed by atoms with E-state index in [0.717, 1.165) is 12.4 Å². The van der Waals surface area contributed by atoms with Gasteiger partial charge in [0.05, 0.1) is 19.3 Å². The molecule has 2 aromatic rings. The largest absolute Gasteiger partial charge is 0.383 e. The number of hydrogen-bond acceptors (Lipinski definition) is 6. The zero-order valence-corrected chi connectivity index (χ0v) is 13.2. The minimum Gasteiger partial charge on any atom is -0.383 e. The Morgan fingerprint density at radius 1 is 1.39 bits per heavy atom. The fourth-order valence-corrected chi connectivity index (χ4v) is 2.59. The second-order valence-electron chi connectivity index (χ2n) is 5.63. The van der Waals surface area contributed by atoms with Crippen molar-refractivity contribution in [1.29, 1.82) is 0 Å². The number of anilines is 4. The van der Waals surface area contributed by atoms with Gasteiger partial charge in [0, 0.05) is 23.9 Å². The van der Waals surface area contributed by atoms with Crippen molar-refractivity contribution in [3.63, 3.8) is 0 Å². The van der Waals surface area contributed by atoms with Crippen LogP contribution in [0.2, 0.25) is 0 Å². The van der Waals surface area contributed by atoms with Crippen LogP contribution >= 0.6 is 0 Å². The molecule has 1 fully saturated rings. The average Bonchev–Trinajstić information content (AvgIpc) is 2.52. The minimum absolute atomic E-state index is 0.210. The lowest BCUT2D eigenvalue weighted by Gasteiger charge is -2.34. The second kappa shape index (κ2) is 6.37. The molecule has 122 valence electrons. The lowest BCUT2D eigenvalue weighted by Crippen LogP contribution is -2.44. The lowest BCUT2D eigenvalue weighted by atomic mass is 10.2. The van der Waals surface area contributed by atoms with Crippen LogP contribution in [0.4, 0.5) is 27.7 Å². The van der Waals surface area contributed by atoms with Gasteiger partial charge in [-0.15, -0.1) is 0 Å². The first-order valence-electron chi connectivity index (χ1n) is 7.55. The molecule has 23 heavy (non-hydrogen) atoms. The van der Waals surface area contributed by atoms with E-state index in [9.17, 15) is 4.39 Å². The van der Waals surface area contributed by atoms with E-state index in [4.69, 9.17) is 10.5 Å². The summed E-state index contributed by atoms with van der Waals surface area (Å²) in [5.41, 5.74) is 7.05. The third-order valence-corrected chi connectivity index (χ3v) is 3.91. The van der Waals surface area contributed by atoms with Gasteiger partial charge in [-0.25, -0.2) is 4.39 Å². The van der Waals surface area contributed by atoms with Gasteiger partial charge in [0.15, 0.2) is 0 Å². The fraction of sp³-hybridized carbons (Fsp3) is 0.375. The first-order chi connectivity index (χ1) is 11.0. The molecule has 6 nitrogen and oxygen atoms in total. The highest BCUT2D eigenvalue weighted by Crippen LogP contribution is 2.24. The van der Waals surface area contributed by atoms with Crippen molar-refractivity contribution in [2.24, 2.45) is 0 Å². The smallest absolute Gasteiger partial charge is 0.231 e. The minimum atomic E-state index is -0.277. The van der Waals surface area contributed by atoms with Gasteiger partial charge in [-0.3, -0.25) is 0 Å².